The van der Waals surface area contributed by atoms with Crippen molar-refractivity contribution < 1.29 is 9.90 Å². The van der Waals surface area contributed by atoms with Gasteiger partial charge in [-0.2, -0.15) is 0 Å². The van der Waals surface area contributed by atoms with Crippen LogP contribution in [0.1, 0.15) is 33.7 Å². The molecule has 5 rings (SSSR count). The van der Waals surface area contributed by atoms with Gasteiger partial charge in [-0.05, 0) is 46.8 Å². The fourth-order valence-corrected chi connectivity index (χ4v) is 5.01. The maximum absolute atomic E-state index is 13.1. The van der Waals surface area contributed by atoms with E-state index in [1.54, 1.807) is 21.7 Å². The normalized spacial score (nSPS) is 24.1. The average Bonchev–Trinajstić information content (AvgIpc) is 3.14. The van der Waals surface area contributed by atoms with Crippen LogP contribution in [0.5, 0.6) is 0 Å². The summed E-state index contributed by atoms with van der Waals surface area (Å²) in [6, 6.07) is 8.34. The number of hydrogen-bond acceptors (Lipinski definition) is 5. The first-order valence-electron chi connectivity index (χ1n) is 9.76. The second kappa shape index (κ2) is 6.90. The fourth-order valence-electron chi connectivity index (χ4n) is 4.53. The van der Waals surface area contributed by atoms with Crippen LogP contribution in [0.3, 0.4) is 0 Å². The number of rotatable bonds is 1. The first-order chi connectivity index (χ1) is 13.9. The number of carbonyl (C=O) groups excluding carboxylic acids is 1. The van der Waals surface area contributed by atoms with Crippen molar-refractivity contribution in [3.8, 4) is 0 Å². The van der Waals surface area contributed by atoms with Gasteiger partial charge in [-0.3, -0.25) is 4.79 Å². The number of benzene rings is 1. The number of aromatic nitrogens is 3. The van der Waals surface area contributed by atoms with E-state index in [9.17, 15) is 9.90 Å². The smallest absolute Gasteiger partial charge is 0.274 e. The number of β-amino-alcohol motifs (C(OH)–C–C–N with tert-alkyl or cyclic N) is 1. The summed E-state index contributed by atoms with van der Waals surface area (Å²) in [6.07, 6.45) is 4.36. The van der Waals surface area contributed by atoms with Gasteiger partial charge in [0.15, 0.2) is 5.65 Å². The Kier molecular flexibility index (Phi) is 4.45. The highest BCUT2D eigenvalue weighted by Gasteiger charge is 2.45. The molecule has 2 aliphatic rings. The van der Waals surface area contributed by atoms with Gasteiger partial charge < -0.3 is 19.7 Å². The highest BCUT2D eigenvalue weighted by atomic mass is 79.9. The van der Waals surface area contributed by atoms with Crippen LogP contribution in [0.4, 0.5) is 0 Å². The summed E-state index contributed by atoms with van der Waals surface area (Å²) in [5.74, 6) is -0.158. The Morgan fingerprint density at radius 3 is 2.86 bits per heavy atom. The molecule has 1 spiro atoms. The number of nitrogens with zero attached hydrogens (tertiary/aromatic N) is 4. The number of nitrogens with one attached hydrogen (secondary N) is 1. The van der Waals surface area contributed by atoms with Crippen LogP contribution in [0.25, 0.3) is 5.65 Å². The van der Waals surface area contributed by atoms with E-state index >= 15 is 0 Å². The molecule has 8 heteroatoms. The predicted molar refractivity (Wildman–Crippen MR) is 112 cm³/mol. The minimum Gasteiger partial charge on any atom is -0.389 e. The molecular weight excluding hydrogens is 434 g/mol. The highest BCUT2D eigenvalue weighted by molar-refractivity contribution is 9.10. The van der Waals surface area contributed by atoms with Gasteiger partial charge in [0, 0.05) is 32.0 Å². The number of carbonyl (C=O) groups is 1. The number of halogens is 1. The third-order valence-electron chi connectivity index (χ3n) is 6.20. The van der Waals surface area contributed by atoms with Crippen molar-refractivity contribution in [3.05, 3.63) is 63.8 Å². The molecule has 0 saturated carbocycles. The van der Waals surface area contributed by atoms with Gasteiger partial charge >= 0.3 is 0 Å². The number of aliphatic hydroxyl groups is 1. The molecule has 1 fully saturated rings. The van der Waals surface area contributed by atoms with Gasteiger partial charge in [0.05, 0.1) is 17.3 Å². The molecule has 2 aliphatic heterocycles. The molecule has 7 nitrogen and oxygen atoms in total. The van der Waals surface area contributed by atoms with Crippen molar-refractivity contribution in [2.24, 2.45) is 0 Å². The van der Waals surface area contributed by atoms with Crippen molar-refractivity contribution in [1.29, 1.82) is 0 Å². The SMILES string of the molecule is Cc1nc(Br)cn2cc(C(=O)N3CC[C@]4(Cc5ccccc5CN4)[C@H](O)C3)nc12. The van der Waals surface area contributed by atoms with Crippen LogP contribution >= 0.6 is 15.9 Å². The first kappa shape index (κ1) is 18.7. The van der Waals surface area contributed by atoms with Crippen LogP contribution < -0.4 is 5.32 Å². The van der Waals surface area contributed by atoms with Gasteiger partial charge in [-0.15, -0.1) is 0 Å². The molecule has 0 aliphatic carbocycles. The van der Waals surface area contributed by atoms with Crippen molar-refractivity contribution in [1.82, 2.24) is 24.6 Å². The van der Waals surface area contributed by atoms with Crippen LogP contribution in [0.15, 0.2) is 41.3 Å². The van der Waals surface area contributed by atoms with E-state index in [4.69, 9.17) is 0 Å². The molecule has 1 saturated heterocycles. The molecule has 29 heavy (non-hydrogen) atoms. The van der Waals surface area contributed by atoms with Crippen molar-refractivity contribution in [2.75, 3.05) is 13.1 Å². The highest BCUT2D eigenvalue weighted by Crippen LogP contribution is 2.32. The lowest BCUT2D eigenvalue weighted by molar-refractivity contribution is -0.0140. The number of hydrogen-bond donors (Lipinski definition) is 2. The van der Waals surface area contributed by atoms with E-state index in [0.29, 0.717) is 35.5 Å². The zero-order valence-electron chi connectivity index (χ0n) is 16.1. The minimum absolute atomic E-state index is 0.158. The van der Waals surface area contributed by atoms with Crippen LogP contribution in [-0.2, 0) is 13.0 Å². The molecule has 0 unspecified atom stereocenters. The van der Waals surface area contributed by atoms with Crippen LogP contribution in [-0.4, -0.2) is 55.0 Å². The third kappa shape index (κ3) is 3.15. The number of amides is 1. The Balaban J connectivity index is 1.36. The van der Waals surface area contributed by atoms with Crippen molar-refractivity contribution in [2.45, 2.75) is 38.0 Å². The Morgan fingerprint density at radius 1 is 1.28 bits per heavy atom. The number of aliphatic hydroxyl groups excluding tert-OH is 1. The molecule has 2 aromatic heterocycles. The summed E-state index contributed by atoms with van der Waals surface area (Å²) in [5, 5.41) is 14.6. The number of piperidine rings is 1. The Hall–Kier alpha value is -2.29. The quantitative estimate of drug-likeness (QED) is 0.586. The number of aryl methyl sites for hydroxylation is 1. The summed E-state index contributed by atoms with van der Waals surface area (Å²) in [7, 11) is 0. The zero-order chi connectivity index (χ0) is 20.2. The van der Waals surface area contributed by atoms with Gasteiger partial charge in [0.2, 0.25) is 0 Å². The molecule has 150 valence electrons. The maximum Gasteiger partial charge on any atom is 0.274 e. The van der Waals surface area contributed by atoms with E-state index in [1.165, 1.54) is 11.1 Å². The Labute approximate surface area is 176 Å². The molecule has 2 atom stereocenters. The molecule has 2 N–H and O–H groups in total. The molecule has 1 aromatic carbocycles. The fraction of sp³-hybridized carbons (Fsp3) is 0.381. The molecule has 0 radical (unpaired) electrons. The van der Waals surface area contributed by atoms with Crippen LogP contribution in [0.2, 0.25) is 0 Å². The lowest BCUT2D eigenvalue weighted by Crippen LogP contribution is -2.65. The molecule has 3 aromatic rings. The molecule has 0 bridgehead atoms. The monoisotopic (exact) mass is 455 g/mol. The molecular formula is C21H22BrN5O2. The molecule has 1 amide bonds. The average molecular weight is 456 g/mol. The summed E-state index contributed by atoms with van der Waals surface area (Å²) in [6.45, 7) is 3.49. The number of imidazole rings is 1. The van der Waals surface area contributed by atoms with Crippen molar-refractivity contribution >= 4 is 27.5 Å². The Bertz CT molecular complexity index is 1110. The second-order valence-corrected chi connectivity index (χ2v) is 8.79. The largest absolute Gasteiger partial charge is 0.389 e. The summed E-state index contributed by atoms with van der Waals surface area (Å²) < 4.78 is 2.50. The maximum atomic E-state index is 13.1. The predicted octanol–water partition coefficient (Wildman–Crippen LogP) is 2.09. The second-order valence-electron chi connectivity index (χ2n) is 7.98. The topological polar surface area (TPSA) is 82.8 Å². The van der Waals surface area contributed by atoms with Gasteiger partial charge in [0.1, 0.15) is 10.3 Å². The van der Waals surface area contributed by atoms with E-state index in [2.05, 4.69) is 43.3 Å². The number of fused-ring (bicyclic) bond motifs is 2. The minimum atomic E-state index is -0.636. The van der Waals surface area contributed by atoms with Gasteiger partial charge in [0.25, 0.3) is 5.91 Å². The first-order valence-corrected chi connectivity index (χ1v) is 10.6. The third-order valence-corrected chi connectivity index (χ3v) is 6.58. The van der Waals surface area contributed by atoms with Gasteiger partial charge in [-0.25, -0.2) is 9.97 Å². The van der Waals surface area contributed by atoms with Crippen molar-refractivity contribution in [3.63, 3.8) is 0 Å². The summed E-state index contributed by atoms with van der Waals surface area (Å²) in [5.41, 5.74) is 3.97. The summed E-state index contributed by atoms with van der Waals surface area (Å²) in [4.78, 5) is 23.6. The lowest BCUT2D eigenvalue weighted by Gasteiger charge is -2.48. The van der Waals surface area contributed by atoms with E-state index in [1.807, 2.05) is 19.1 Å². The van der Waals surface area contributed by atoms with E-state index < -0.39 is 6.10 Å². The molecule has 4 heterocycles. The zero-order valence-corrected chi connectivity index (χ0v) is 17.7. The lowest BCUT2D eigenvalue weighted by atomic mass is 9.76. The van der Waals surface area contributed by atoms with Gasteiger partial charge in [-0.1, -0.05) is 24.3 Å². The van der Waals surface area contributed by atoms with Crippen LogP contribution in [0, 0.1) is 6.92 Å². The summed E-state index contributed by atoms with van der Waals surface area (Å²) >= 11 is 3.37. The van der Waals surface area contributed by atoms with E-state index in [-0.39, 0.29) is 11.4 Å². The standard InChI is InChI=1S/C21H22BrN5O2/c1-13-19-25-16(10-27(19)12-18(22)24-13)20(29)26-7-6-21(17(28)11-26)8-14-4-2-3-5-15(14)9-23-21/h2-5,10,12,17,23,28H,6-9,11H2,1H3/t17-,21+/m1/s1. The number of likely N-dealkylation sites (tertiary alicyclic amines) is 1. The van der Waals surface area contributed by atoms with E-state index in [0.717, 1.165) is 18.7 Å². The Morgan fingerprint density at radius 2 is 2.07 bits per heavy atom.